The second-order valence-electron chi connectivity index (χ2n) is 6.96. The molecule has 0 saturated heterocycles. The van der Waals surface area contributed by atoms with Crippen LogP contribution >= 0.6 is 57.6 Å². The van der Waals surface area contributed by atoms with Gasteiger partial charge in [-0.05, 0) is 77.4 Å². The third kappa shape index (κ3) is 6.74. The zero-order valence-corrected chi connectivity index (χ0v) is 21.5. The van der Waals surface area contributed by atoms with Crippen LogP contribution in [0.2, 0.25) is 10.0 Å². The first-order valence-electron chi connectivity index (χ1n) is 9.40. The smallest absolute Gasteiger partial charge is 0.277 e. The molecule has 1 atom stereocenters. The molecule has 0 aliphatic heterocycles. The molecular formula is C21H20Cl2IN3O3S. The maximum Gasteiger partial charge on any atom is 0.277 e. The number of halogens is 3. The Morgan fingerprint density at radius 1 is 1.19 bits per heavy atom. The van der Waals surface area contributed by atoms with Crippen molar-refractivity contribution in [1.82, 2.24) is 10.2 Å². The van der Waals surface area contributed by atoms with Gasteiger partial charge in [0.15, 0.2) is 6.10 Å². The largest absolute Gasteiger partial charge is 0.479 e. The number of carbonyl (C=O) groups excluding carboxylic acids is 1. The van der Waals surface area contributed by atoms with Crippen LogP contribution in [0.4, 0.5) is 5.69 Å². The van der Waals surface area contributed by atoms with Gasteiger partial charge in [-0.3, -0.25) is 4.79 Å². The monoisotopic (exact) mass is 591 g/mol. The number of hydrogen-bond acceptors (Lipinski definition) is 6. The Bertz CT molecular complexity index is 1080. The Morgan fingerprint density at radius 3 is 2.68 bits per heavy atom. The minimum Gasteiger partial charge on any atom is -0.479 e. The Hall–Kier alpha value is -1.49. The number of thioether (sulfide) groups is 1. The molecule has 2 aromatic carbocycles. The van der Waals surface area contributed by atoms with E-state index in [2.05, 4.69) is 58.0 Å². The molecule has 1 amide bonds. The third-order valence-corrected chi connectivity index (χ3v) is 6.22. The van der Waals surface area contributed by atoms with E-state index in [1.54, 1.807) is 25.1 Å². The predicted molar refractivity (Wildman–Crippen MR) is 132 cm³/mol. The van der Waals surface area contributed by atoms with Crippen LogP contribution in [0.25, 0.3) is 0 Å². The molecule has 10 heteroatoms. The van der Waals surface area contributed by atoms with Gasteiger partial charge in [-0.1, -0.05) is 48.8 Å². The lowest BCUT2D eigenvalue weighted by molar-refractivity contribution is -0.113. The lowest BCUT2D eigenvalue weighted by atomic mass is 10.0. The first kappa shape index (κ1) is 24.2. The van der Waals surface area contributed by atoms with E-state index in [4.69, 9.17) is 32.4 Å². The number of amides is 1. The molecule has 164 valence electrons. The van der Waals surface area contributed by atoms with Crippen LogP contribution in [0.3, 0.4) is 0 Å². The SMILES string of the molecule is CC(C)c1cc(I)ccc1NC(=O)CSc1nnc([C@@H](C)Oc2ccc(Cl)cc2Cl)o1. The molecule has 3 aromatic rings. The van der Waals surface area contributed by atoms with Crippen molar-refractivity contribution in [2.45, 2.75) is 38.0 Å². The van der Waals surface area contributed by atoms with E-state index in [-0.39, 0.29) is 22.8 Å². The first-order valence-corrected chi connectivity index (χ1v) is 12.2. The first-order chi connectivity index (χ1) is 14.7. The van der Waals surface area contributed by atoms with Crippen molar-refractivity contribution in [1.29, 1.82) is 0 Å². The Morgan fingerprint density at radius 2 is 1.97 bits per heavy atom. The summed E-state index contributed by atoms with van der Waals surface area (Å²) in [5.41, 5.74) is 1.91. The second kappa shape index (κ2) is 10.9. The van der Waals surface area contributed by atoms with Gasteiger partial charge in [-0.15, -0.1) is 10.2 Å². The summed E-state index contributed by atoms with van der Waals surface area (Å²) in [7, 11) is 0. The van der Waals surface area contributed by atoms with Crippen molar-refractivity contribution in [2.24, 2.45) is 0 Å². The van der Waals surface area contributed by atoms with Crippen LogP contribution < -0.4 is 10.1 Å². The van der Waals surface area contributed by atoms with E-state index < -0.39 is 6.10 Å². The fraction of sp³-hybridized carbons (Fsp3) is 0.286. The van der Waals surface area contributed by atoms with E-state index >= 15 is 0 Å². The number of aromatic nitrogens is 2. The van der Waals surface area contributed by atoms with Crippen LogP contribution in [0, 0.1) is 3.57 Å². The molecule has 0 radical (unpaired) electrons. The molecule has 0 aliphatic carbocycles. The standard InChI is InChI=1S/C21H20Cl2IN3O3S/c1-11(2)15-9-14(24)5-6-17(15)25-19(28)10-31-21-27-26-20(30-21)12(3)29-18-7-4-13(22)8-16(18)23/h4-9,11-12H,10H2,1-3H3,(H,25,28)/t12-/m1/s1. The van der Waals surface area contributed by atoms with E-state index in [1.807, 2.05) is 12.1 Å². The third-order valence-electron chi connectivity index (χ3n) is 4.20. The van der Waals surface area contributed by atoms with Crippen LogP contribution in [0.5, 0.6) is 5.75 Å². The molecule has 0 bridgehead atoms. The van der Waals surface area contributed by atoms with Gasteiger partial charge in [0.25, 0.3) is 11.1 Å². The summed E-state index contributed by atoms with van der Waals surface area (Å²) in [5, 5.41) is 12.1. The molecule has 3 rings (SSSR count). The Labute approximate surface area is 208 Å². The van der Waals surface area contributed by atoms with E-state index in [0.717, 1.165) is 26.6 Å². The zero-order valence-electron chi connectivity index (χ0n) is 17.0. The number of carbonyl (C=O) groups is 1. The normalized spacial score (nSPS) is 12.1. The van der Waals surface area contributed by atoms with Crippen molar-refractivity contribution in [3.8, 4) is 5.75 Å². The zero-order chi connectivity index (χ0) is 22.5. The summed E-state index contributed by atoms with van der Waals surface area (Å²) < 4.78 is 12.5. The average Bonchev–Trinajstić information content (AvgIpc) is 3.19. The minimum absolute atomic E-state index is 0.142. The fourth-order valence-electron chi connectivity index (χ4n) is 2.69. The minimum atomic E-state index is -0.519. The van der Waals surface area contributed by atoms with Gasteiger partial charge < -0.3 is 14.5 Å². The molecule has 1 aromatic heterocycles. The number of hydrogen-bond donors (Lipinski definition) is 1. The van der Waals surface area contributed by atoms with E-state index in [1.165, 1.54) is 0 Å². The maximum absolute atomic E-state index is 12.4. The summed E-state index contributed by atoms with van der Waals surface area (Å²) in [4.78, 5) is 12.4. The molecule has 0 aliphatic rings. The Balaban J connectivity index is 1.57. The lowest BCUT2D eigenvalue weighted by Gasteiger charge is -2.14. The number of ether oxygens (including phenoxy) is 1. The van der Waals surface area contributed by atoms with Crippen molar-refractivity contribution < 1.29 is 13.9 Å². The molecule has 0 spiro atoms. The van der Waals surface area contributed by atoms with Crippen molar-refractivity contribution in [3.05, 3.63) is 61.5 Å². The van der Waals surface area contributed by atoms with Crippen LogP contribution in [-0.2, 0) is 4.79 Å². The van der Waals surface area contributed by atoms with Gasteiger partial charge in [-0.25, -0.2) is 0 Å². The highest BCUT2D eigenvalue weighted by molar-refractivity contribution is 14.1. The van der Waals surface area contributed by atoms with Gasteiger partial charge in [0.05, 0.1) is 10.8 Å². The van der Waals surface area contributed by atoms with Gasteiger partial charge in [-0.2, -0.15) is 0 Å². The lowest BCUT2D eigenvalue weighted by Crippen LogP contribution is -2.15. The second-order valence-corrected chi connectivity index (χ2v) is 9.98. The fourth-order valence-corrected chi connectivity index (χ4v) is 4.23. The molecule has 0 saturated carbocycles. The molecular weight excluding hydrogens is 572 g/mol. The van der Waals surface area contributed by atoms with Crippen molar-refractivity contribution >= 4 is 69.1 Å². The summed E-state index contributed by atoms with van der Waals surface area (Å²) in [6.07, 6.45) is -0.519. The molecule has 31 heavy (non-hydrogen) atoms. The molecule has 0 fully saturated rings. The highest BCUT2D eigenvalue weighted by atomic mass is 127. The Kier molecular flexibility index (Phi) is 8.49. The molecule has 0 unspecified atom stereocenters. The highest BCUT2D eigenvalue weighted by Crippen LogP contribution is 2.32. The van der Waals surface area contributed by atoms with E-state index in [9.17, 15) is 4.79 Å². The highest BCUT2D eigenvalue weighted by Gasteiger charge is 2.18. The summed E-state index contributed by atoms with van der Waals surface area (Å²) in [6, 6.07) is 10.9. The van der Waals surface area contributed by atoms with Crippen LogP contribution in [0.15, 0.2) is 46.0 Å². The van der Waals surface area contributed by atoms with Gasteiger partial charge in [0.1, 0.15) is 5.75 Å². The summed E-state index contributed by atoms with van der Waals surface area (Å²) in [5.74, 6) is 1.04. The quantitative estimate of drug-likeness (QED) is 0.225. The summed E-state index contributed by atoms with van der Waals surface area (Å²) >= 11 is 15.5. The van der Waals surface area contributed by atoms with Gasteiger partial charge in [0, 0.05) is 14.3 Å². The van der Waals surface area contributed by atoms with Gasteiger partial charge >= 0.3 is 0 Å². The van der Waals surface area contributed by atoms with Crippen LogP contribution in [0.1, 0.15) is 44.2 Å². The molecule has 1 heterocycles. The molecule has 1 N–H and O–H groups in total. The average molecular weight is 592 g/mol. The van der Waals surface area contributed by atoms with Crippen molar-refractivity contribution in [2.75, 3.05) is 11.1 Å². The van der Waals surface area contributed by atoms with Crippen molar-refractivity contribution in [3.63, 3.8) is 0 Å². The predicted octanol–water partition coefficient (Wildman–Crippen LogP) is 6.98. The van der Waals surface area contributed by atoms with Crippen LogP contribution in [-0.4, -0.2) is 21.9 Å². The summed E-state index contributed by atoms with van der Waals surface area (Å²) in [6.45, 7) is 5.95. The number of anilines is 1. The van der Waals surface area contributed by atoms with Gasteiger partial charge in [0.2, 0.25) is 5.91 Å². The number of nitrogens with zero attached hydrogens (tertiary/aromatic N) is 2. The maximum atomic E-state index is 12.4. The molecule has 6 nitrogen and oxygen atoms in total. The number of nitrogens with one attached hydrogen (secondary N) is 1. The van der Waals surface area contributed by atoms with E-state index in [0.29, 0.717) is 21.7 Å². The topological polar surface area (TPSA) is 77.2 Å². The number of benzene rings is 2. The number of rotatable bonds is 8.